The molecule has 0 spiro atoms. The van der Waals surface area contributed by atoms with Gasteiger partial charge in [-0.3, -0.25) is 24.1 Å². The summed E-state index contributed by atoms with van der Waals surface area (Å²) in [4.78, 5) is 67.3. The second-order valence-corrected chi connectivity index (χ2v) is 24.1. The highest BCUT2D eigenvalue weighted by Crippen LogP contribution is 2.55. The number of likely N-dealkylation sites (tertiary alicyclic amines) is 2. The lowest BCUT2D eigenvalue weighted by Gasteiger charge is -2.63. The van der Waals surface area contributed by atoms with Crippen LogP contribution in [-0.4, -0.2) is 135 Å². The molecular formula is C56H71ClN8O7S. The molecule has 4 fully saturated rings. The Morgan fingerprint density at radius 1 is 0.959 bits per heavy atom. The lowest BCUT2D eigenvalue weighted by atomic mass is 9.49. The first kappa shape index (κ1) is 53.9. The van der Waals surface area contributed by atoms with Crippen molar-refractivity contribution in [1.82, 2.24) is 35.6 Å². The summed E-state index contributed by atoms with van der Waals surface area (Å²) in [5.41, 5.74) is 5.11. The van der Waals surface area contributed by atoms with Crippen LogP contribution in [0.5, 0.6) is 5.75 Å². The standard InChI is InChI=1S/C56H71ClN8O7S/c1-33-47(73-32-59-33)36-17-15-35(16-18-36)44(31-66)60-50(70)45-24-41(67)29-65(45)51(71)48(54(2,3)4)61-46(68)30-64-39-20-21-40(64)28-63(27-39)23-9-10-34-11-13-37(14-12-34)49(69)62-52-55(5,6)53(56(52,7)8)72-42-22-19-38(26-58)43(57)25-42/h11-19,22,25,32,39-41,44-45,48,52-53,66-67H,9-10,20-21,23-24,27-31H2,1-8H3,(H,60,70)(H,61,68)(H,62,69)/t39-,40-,41-,44+,45+,48-,52?,53?/m1/s1. The van der Waals surface area contributed by atoms with Gasteiger partial charge >= 0.3 is 0 Å². The summed E-state index contributed by atoms with van der Waals surface area (Å²) in [6.07, 6.45) is 2.71. The van der Waals surface area contributed by atoms with Crippen molar-refractivity contribution in [2.24, 2.45) is 16.2 Å². The molecule has 8 rings (SSSR count). The average Bonchev–Trinajstić information content (AvgIpc) is 4.03. The summed E-state index contributed by atoms with van der Waals surface area (Å²) in [7, 11) is 0. The summed E-state index contributed by atoms with van der Waals surface area (Å²) in [5.74, 6) is -0.703. The van der Waals surface area contributed by atoms with Crippen molar-refractivity contribution in [3.05, 3.63) is 105 Å². The third-order valence-electron chi connectivity index (χ3n) is 15.7. The summed E-state index contributed by atoms with van der Waals surface area (Å²) >= 11 is 7.81. The third-order valence-corrected chi connectivity index (χ3v) is 17.0. The van der Waals surface area contributed by atoms with E-state index >= 15 is 0 Å². The quantitative estimate of drug-likeness (QED) is 0.0756. The Labute approximate surface area is 438 Å². The van der Waals surface area contributed by atoms with Gasteiger partial charge in [-0.2, -0.15) is 5.26 Å². The number of hydrogen-bond donors (Lipinski definition) is 5. The molecule has 390 valence electrons. The number of piperazine rings is 1. The van der Waals surface area contributed by atoms with Gasteiger partial charge in [0.25, 0.3) is 5.91 Å². The molecule has 15 nitrogen and oxygen atoms in total. The molecule has 73 heavy (non-hydrogen) atoms. The van der Waals surface area contributed by atoms with Gasteiger partial charge < -0.3 is 40.7 Å². The summed E-state index contributed by atoms with van der Waals surface area (Å²) < 4.78 is 6.39. The van der Waals surface area contributed by atoms with Gasteiger partial charge in [0.1, 0.15) is 30.0 Å². The first-order valence-corrected chi connectivity index (χ1v) is 26.8. The number of carbonyl (C=O) groups is 4. The Morgan fingerprint density at radius 2 is 1.63 bits per heavy atom. The molecule has 3 saturated heterocycles. The fourth-order valence-electron chi connectivity index (χ4n) is 12.1. The van der Waals surface area contributed by atoms with E-state index in [1.807, 2.05) is 76.2 Å². The number of aromatic nitrogens is 1. The van der Waals surface area contributed by atoms with E-state index in [-0.39, 0.29) is 73.0 Å². The van der Waals surface area contributed by atoms with Crippen LogP contribution in [-0.2, 0) is 20.8 Å². The highest BCUT2D eigenvalue weighted by Gasteiger charge is 2.64. The third kappa shape index (κ3) is 11.6. The zero-order chi connectivity index (χ0) is 52.6. The van der Waals surface area contributed by atoms with Crippen LogP contribution in [0.4, 0.5) is 0 Å². The van der Waals surface area contributed by atoms with Crippen LogP contribution in [0.25, 0.3) is 10.4 Å². The van der Waals surface area contributed by atoms with Crippen LogP contribution in [0.3, 0.4) is 0 Å². The van der Waals surface area contributed by atoms with Crippen molar-refractivity contribution in [1.29, 1.82) is 5.26 Å². The number of fused-ring (bicyclic) bond motifs is 2. The summed E-state index contributed by atoms with van der Waals surface area (Å²) in [6, 6.07) is 20.2. The number of aliphatic hydroxyl groups is 2. The van der Waals surface area contributed by atoms with E-state index in [1.54, 1.807) is 35.0 Å². The van der Waals surface area contributed by atoms with Crippen LogP contribution in [0.1, 0.15) is 113 Å². The minimum absolute atomic E-state index is 0.0416. The predicted octanol–water partition coefficient (Wildman–Crippen LogP) is 6.68. The number of carbonyl (C=O) groups excluding carboxylic acids is 4. The summed E-state index contributed by atoms with van der Waals surface area (Å²) in [5, 5.41) is 40.0. The Bertz CT molecular complexity index is 2670. The van der Waals surface area contributed by atoms with Gasteiger partial charge in [0.05, 0.1) is 52.0 Å². The first-order valence-electron chi connectivity index (χ1n) is 25.5. The van der Waals surface area contributed by atoms with Gasteiger partial charge in [-0.15, -0.1) is 11.3 Å². The van der Waals surface area contributed by atoms with Gasteiger partial charge in [-0.25, -0.2) is 4.98 Å². The number of nitrogens with zero attached hydrogens (tertiary/aromatic N) is 5. The smallest absolute Gasteiger partial charge is 0.251 e. The normalized spacial score (nSPS) is 24.2. The van der Waals surface area contributed by atoms with Crippen molar-refractivity contribution < 1.29 is 34.1 Å². The predicted molar refractivity (Wildman–Crippen MR) is 282 cm³/mol. The number of benzene rings is 3. The van der Waals surface area contributed by atoms with E-state index in [0.717, 1.165) is 67.0 Å². The average molecular weight is 1040 g/mol. The molecule has 4 aromatic rings. The van der Waals surface area contributed by atoms with Gasteiger partial charge in [-0.1, -0.05) is 96.5 Å². The Morgan fingerprint density at radius 3 is 2.22 bits per heavy atom. The molecule has 1 saturated carbocycles. The van der Waals surface area contributed by atoms with Crippen LogP contribution in [0, 0.1) is 34.5 Å². The van der Waals surface area contributed by atoms with E-state index in [9.17, 15) is 34.7 Å². The first-order chi connectivity index (χ1) is 34.6. The van der Waals surface area contributed by atoms with Crippen LogP contribution >= 0.6 is 22.9 Å². The number of rotatable bonds is 17. The molecule has 0 unspecified atom stereocenters. The fourth-order valence-corrected chi connectivity index (χ4v) is 13.1. The lowest BCUT2D eigenvalue weighted by molar-refractivity contribution is -0.164. The fraction of sp³-hybridized carbons (Fsp3) is 0.536. The number of hydrogen-bond acceptors (Lipinski definition) is 12. The molecule has 3 aromatic carbocycles. The zero-order valence-corrected chi connectivity index (χ0v) is 44.9. The molecule has 6 atom stereocenters. The van der Waals surface area contributed by atoms with Gasteiger partial charge in [-0.05, 0) is 85.5 Å². The van der Waals surface area contributed by atoms with Crippen molar-refractivity contribution in [3.63, 3.8) is 0 Å². The number of nitriles is 1. The van der Waals surface area contributed by atoms with Crippen molar-refractivity contribution in [3.8, 4) is 22.3 Å². The minimum Gasteiger partial charge on any atom is -0.489 e. The Hall–Kier alpha value is -5.41. The minimum atomic E-state index is -0.981. The van der Waals surface area contributed by atoms with Crippen LogP contribution < -0.4 is 20.7 Å². The number of ether oxygens (including phenoxy) is 1. The number of amides is 4. The SMILES string of the molecule is Cc1ncsc1-c1ccc([C@H](CO)NC(=O)[C@@H]2C[C@@H](O)CN2C(=O)[C@@H](NC(=O)CN2[C@@H]3CC[C@@H]2CN(CCCc2ccc(C(=O)NC4C(C)(C)C(Oc5ccc(C#N)c(Cl)c5)C4(C)C)cc2)C3)C(C)(C)C)cc1. The largest absolute Gasteiger partial charge is 0.489 e. The number of β-amino-alcohol motifs (C(OH)–C–C–N with tert-alkyl or cyclic N) is 1. The Kier molecular flexibility index (Phi) is 16.1. The Balaban J connectivity index is 0.795. The number of nitrogens with one attached hydrogen (secondary N) is 3. The van der Waals surface area contributed by atoms with Gasteiger partial charge in [0, 0.05) is 66.6 Å². The maximum absolute atomic E-state index is 14.4. The van der Waals surface area contributed by atoms with E-state index in [2.05, 4.69) is 64.5 Å². The summed E-state index contributed by atoms with van der Waals surface area (Å²) in [6.45, 7) is 18.3. The molecule has 5 N–H and O–H groups in total. The maximum atomic E-state index is 14.4. The molecule has 2 bridgehead atoms. The van der Waals surface area contributed by atoms with E-state index < -0.39 is 41.5 Å². The van der Waals surface area contributed by atoms with E-state index in [1.165, 1.54) is 4.90 Å². The molecule has 3 aliphatic heterocycles. The molecule has 4 amide bonds. The lowest BCUT2D eigenvalue weighted by Crippen LogP contribution is -2.74. The molecule has 1 aromatic heterocycles. The monoisotopic (exact) mass is 1030 g/mol. The second-order valence-electron chi connectivity index (χ2n) is 22.8. The molecule has 1 aliphatic carbocycles. The number of aliphatic hydroxyl groups excluding tert-OH is 2. The van der Waals surface area contributed by atoms with E-state index in [0.29, 0.717) is 27.5 Å². The molecule has 4 aliphatic rings. The van der Waals surface area contributed by atoms with E-state index in [4.69, 9.17) is 16.3 Å². The van der Waals surface area contributed by atoms with Crippen molar-refractivity contribution in [2.75, 3.05) is 39.3 Å². The topological polar surface area (TPSA) is 200 Å². The molecule has 17 heteroatoms. The maximum Gasteiger partial charge on any atom is 0.251 e. The van der Waals surface area contributed by atoms with Gasteiger partial charge in [0.15, 0.2) is 0 Å². The molecule has 0 radical (unpaired) electrons. The van der Waals surface area contributed by atoms with Gasteiger partial charge in [0.2, 0.25) is 17.7 Å². The molecule has 4 heterocycles. The zero-order valence-electron chi connectivity index (χ0n) is 43.3. The van der Waals surface area contributed by atoms with Crippen molar-refractivity contribution >= 4 is 46.6 Å². The number of aryl methyl sites for hydroxylation is 2. The van der Waals surface area contributed by atoms with Crippen LogP contribution in [0.2, 0.25) is 5.02 Å². The molecular weight excluding hydrogens is 964 g/mol. The van der Waals surface area contributed by atoms with Crippen LogP contribution in [0.15, 0.2) is 72.2 Å². The highest BCUT2D eigenvalue weighted by molar-refractivity contribution is 7.13. The van der Waals surface area contributed by atoms with Crippen molar-refractivity contribution in [2.45, 2.75) is 136 Å². The number of thiazole rings is 1. The number of halogens is 1. The second kappa shape index (κ2) is 21.8. The highest BCUT2D eigenvalue weighted by atomic mass is 35.5.